The van der Waals surface area contributed by atoms with Crippen molar-refractivity contribution in [2.45, 2.75) is 26.3 Å². The SMILES string of the molecule is C=C(C)C(NCCC)c1cccc(I)c1. The van der Waals surface area contributed by atoms with E-state index in [1.54, 1.807) is 0 Å². The van der Waals surface area contributed by atoms with Crippen LogP contribution in [0.15, 0.2) is 36.4 Å². The van der Waals surface area contributed by atoms with E-state index in [4.69, 9.17) is 0 Å². The van der Waals surface area contributed by atoms with Crippen molar-refractivity contribution >= 4 is 22.6 Å². The summed E-state index contributed by atoms with van der Waals surface area (Å²) in [6.07, 6.45) is 1.15. The predicted molar refractivity (Wildman–Crippen MR) is 75.0 cm³/mol. The van der Waals surface area contributed by atoms with Crippen molar-refractivity contribution in [2.75, 3.05) is 6.54 Å². The fourth-order valence-electron chi connectivity index (χ4n) is 1.55. The predicted octanol–water partition coefficient (Wildman–Crippen LogP) is 3.91. The Morgan fingerprint density at radius 2 is 2.27 bits per heavy atom. The maximum absolute atomic E-state index is 4.05. The van der Waals surface area contributed by atoms with Crippen molar-refractivity contribution in [1.29, 1.82) is 0 Å². The van der Waals surface area contributed by atoms with Crippen LogP contribution in [0.5, 0.6) is 0 Å². The fraction of sp³-hybridized carbons (Fsp3) is 0.385. The van der Waals surface area contributed by atoms with Gasteiger partial charge in [-0.3, -0.25) is 0 Å². The molecule has 0 aromatic heterocycles. The van der Waals surface area contributed by atoms with Crippen molar-refractivity contribution in [3.63, 3.8) is 0 Å². The summed E-state index contributed by atoms with van der Waals surface area (Å²) in [5.74, 6) is 0. The van der Waals surface area contributed by atoms with Crippen molar-refractivity contribution < 1.29 is 0 Å². The van der Waals surface area contributed by atoms with Crippen molar-refractivity contribution in [2.24, 2.45) is 0 Å². The molecule has 1 atom stereocenters. The van der Waals surface area contributed by atoms with Gasteiger partial charge >= 0.3 is 0 Å². The highest BCUT2D eigenvalue weighted by molar-refractivity contribution is 14.1. The molecule has 0 spiro atoms. The van der Waals surface area contributed by atoms with Gasteiger partial charge in [-0.1, -0.05) is 31.2 Å². The van der Waals surface area contributed by atoms with Crippen LogP contribution in [0.3, 0.4) is 0 Å². The molecule has 2 heteroatoms. The van der Waals surface area contributed by atoms with Crippen LogP contribution < -0.4 is 5.32 Å². The molecule has 0 saturated carbocycles. The summed E-state index contributed by atoms with van der Waals surface area (Å²) in [6, 6.07) is 8.87. The van der Waals surface area contributed by atoms with E-state index in [1.165, 1.54) is 14.7 Å². The maximum atomic E-state index is 4.05. The molecule has 1 aromatic carbocycles. The molecule has 0 heterocycles. The molecule has 0 aliphatic rings. The average Bonchev–Trinajstić information content (AvgIpc) is 2.18. The van der Waals surface area contributed by atoms with Crippen LogP contribution >= 0.6 is 22.6 Å². The highest BCUT2D eigenvalue weighted by atomic mass is 127. The van der Waals surface area contributed by atoms with Crippen LogP contribution in [0.25, 0.3) is 0 Å². The lowest BCUT2D eigenvalue weighted by Gasteiger charge is -2.19. The Labute approximate surface area is 106 Å². The molecule has 1 aromatic rings. The molecular weight excluding hydrogens is 297 g/mol. The minimum Gasteiger partial charge on any atom is -0.307 e. The Balaban J connectivity index is 2.84. The number of benzene rings is 1. The second-order valence-corrected chi connectivity index (χ2v) is 5.03. The molecule has 15 heavy (non-hydrogen) atoms. The van der Waals surface area contributed by atoms with E-state index in [9.17, 15) is 0 Å². The summed E-state index contributed by atoms with van der Waals surface area (Å²) < 4.78 is 1.27. The summed E-state index contributed by atoms with van der Waals surface area (Å²) in [5.41, 5.74) is 2.48. The van der Waals surface area contributed by atoms with Crippen molar-refractivity contribution in [3.05, 3.63) is 45.6 Å². The highest BCUT2D eigenvalue weighted by Gasteiger charge is 2.10. The maximum Gasteiger partial charge on any atom is 0.0531 e. The first-order chi connectivity index (χ1) is 7.15. The molecule has 0 radical (unpaired) electrons. The van der Waals surface area contributed by atoms with E-state index in [0.29, 0.717) is 6.04 Å². The number of hydrogen-bond donors (Lipinski definition) is 1. The molecule has 0 amide bonds. The summed E-state index contributed by atoms with van der Waals surface area (Å²) in [7, 11) is 0. The normalized spacial score (nSPS) is 12.5. The molecule has 1 nitrogen and oxygen atoms in total. The quantitative estimate of drug-likeness (QED) is 0.642. The molecule has 0 fully saturated rings. The van der Waals surface area contributed by atoms with Crippen molar-refractivity contribution in [3.8, 4) is 0 Å². The topological polar surface area (TPSA) is 12.0 Å². The monoisotopic (exact) mass is 315 g/mol. The second kappa shape index (κ2) is 6.28. The summed E-state index contributed by atoms with van der Waals surface area (Å²) in [5, 5.41) is 3.51. The first kappa shape index (κ1) is 12.7. The summed E-state index contributed by atoms with van der Waals surface area (Å²) in [6.45, 7) is 9.33. The third-order valence-corrected chi connectivity index (χ3v) is 2.94. The Kier molecular flexibility index (Phi) is 5.32. The average molecular weight is 315 g/mol. The van der Waals surface area contributed by atoms with Gasteiger partial charge in [-0.25, -0.2) is 0 Å². The van der Waals surface area contributed by atoms with Gasteiger partial charge in [-0.2, -0.15) is 0 Å². The van der Waals surface area contributed by atoms with Crippen molar-refractivity contribution in [1.82, 2.24) is 5.32 Å². The third-order valence-electron chi connectivity index (χ3n) is 2.27. The minimum atomic E-state index is 0.291. The van der Waals surface area contributed by atoms with E-state index in [0.717, 1.165) is 13.0 Å². The Morgan fingerprint density at radius 1 is 1.53 bits per heavy atom. The molecule has 0 aliphatic heterocycles. The largest absolute Gasteiger partial charge is 0.307 e. The Bertz CT molecular complexity index is 333. The third kappa shape index (κ3) is 3.95. The van der Waals surface area contributed by atoms with Crippen LogP contribution in [-0.2, 0) is 0 Å². The highest BCUT2D eigenvalue weighted by Crippen LogP contribution is 2.21. The smallest absolute Gasteiger partial charge is 0.0531 e. The molecule has 1 N–H and O–H groups in total. The number of rotatable bonds is 5. The molecule has 1 rings (SSSR count). The number of hydrogen-bond acceptors (Lipinski definition) is 1. The zero-order valence-electron chi connectivity index (χ0n) is 9.39. The summed E-state index contributed by atoms with van der Waals surface area (Å²) >= 11 is 2.34. The summed E-state index contributed by atoms with van der Waals surface area (Å²) in [4.78, 5) is 0. The zero-order valence-corrected chi connectivity index (χ0v) is 11.5. The second-order valence-electron chi connectivity index (χ2n) is 3.79. The van der Waals surface area contributed by atoms with Gasteiger partial charge in [0, 0.05) is 3.57 Å². The van der Waals surface area contributed by atoms with Gasteiger partial charge in [0.05, 0.1) is 6.04 Å². The first-order valence-electron chi connectivity index (χ1n) is 5.29. The van der Waals surface area contributed by atoms with E-state index in [1.807, 2.05) is 0 Å². The molecule has 82 valence electrons. The van der Waals surface area contributed by atoms with Crippen LogP contribution in [0, 0.1) is 3.57 Å². The van der Waals surface area contributed by atoms with Crippen LogP contribution in [0.4, 0.5) is 0 Å². The Hall–Kier alpha value is -0.350. The first-order valence-corrected chi connectivity index (χ1v) is 6.37. The minimum absolute atomic E-state index is 0.291. The van der Waals surface area contributed by atoms with Gasteiger partial charge in [0.2, 0.25) is 0 Å². The Morgan fingerprint density at radius 3 is 2.80 bits per heavy atom. The molecule has 1 unspecified atom stereocenters. The van der Waals surface area contributed by atoms with E-state index < -0.39 is 0 Å². The molecule has 0 aliphatic carbocycles. The van der Waals surface area contributed by atoms with Gasteiger partial charge in [0.1, 0.15) is 0 Å². The van der Waals surface area contributed by atoms with Gasteiger partial charge in [-0.15, -0.1) is 0 Å². The van der Waals surface area contributed by atoms with Crippen LogP contribution in [-0.4, -0.2) is 6.54 Å². The van der Waals surface area contributed by atoms with Crippen LogP contribution in [0.1, 0.15) is 31.9 Å². The number of nitrogens with one attached hydrogen (secondary N) is 1. The molecular formula is C13H18IN. The lowest BCUT2D eigenvalue weighted by molar-refractivity contribution is 0.591. The lowest BCUT2D eigenvalue weighted by atomic mass is 10.0. The van der Waals surface area contributed by atoms with Gasteiger partial charge in [0.15, 0.2) is 0 Å². The lowest BCUT2D eigenvalue weighted by Crippen LogP contribution is -2.22. The zero-order chi connectivity index (χ0) is 11.3. The van der Waals surface area contributed by atoms with Gasteiger partial charge in [0.25, 0.3) is 0 Å². The fourth-order valence-corrected chi connectivity index (χ4v) is 2.12. The van der Waals surface area contributed by atoms with E-state index in [2.05, 4.69) is 72.6 Å². The standard InChI is InChI=1S/C13H18IN/c1-4-8-15-13(10(2)3)11-6-5-7-12(14)9-11/h5-7,9,13,15H,2,4,8H2,1,3H3. The number of halogens is 1. The molecule has 0 saturated heterocycles. The van der Waals surface area contributed by atoms with Gasteiger partial charge in [-0.05, 0) is 60.2 Å². The van der Waals surface area contributed by atoms with Gasteiger partial charge < -0.3 is 5.32 Å². The van der Waals surface area contributed by atoms with Crippen LogP contribution in [0.2, 0.25) is 0 Å². The van der Waals surface area contributed by atoms with E-state index >= 15 is 0 Å². The van der Waals surface area contributed by atoms with E-state index in [-0.39, 0.29) is 0 Å². The molecule has 0 bridgehead atoms.